The Labute approximate surface area is 150 Å². The van der Waals surface area contributed by atoms with Crippen LogP contribution in [0.1, 0.15) is 12.0 Å². The van der Waals surface area contributed by atoms with Crippen molar-refractivity contribution < 1.29 is 24.5 Å². The second-order valence-corrected chi connectivity index (χ2v) is 6.85. The molecule has 0 aromatic heterocycles. The lowest BCUT2D eigenvalue weighted by Gasteiger charge is -2.37. The Hall–Kier alpha value is -2.86. The number of carboxylic acids is 2. The molecular formula is C20H19NO5. The molecule has 0 bridgehead atoms. The van der Waals surface area contributed by atoms with E-state index in [0.29, 0.717) is 18.8 Å². The van der Waals surface area contributed by atoms with Crippen LogP contribution in [-0.2, 0) is 15.0 Å². The summed E-state index contributed by atoms with van der Waals surface area (Å²) >= 11 is 0. The molecule has 3 N–H and O–H groups in total. The van der Waals surface area contributed by atoms with Crippen molar-refractivity contribution in [2.24, 2.45) is 11.8 Å². The molecule has 4 rings (SSSR count). The molecule has 2 aliphatic heterocycles. The largest absolute Gasteiger partial charge is 0.478 e. The molecule has 26 heavy (non-hydrogen) atoms. The van der Waals surface area contributed by atoms with E-state index in [2.05, 4.69) is 5.32 Å². The average Bonchev–Trinajstić information content (AvgIpc) is 3.01. The van der Waals surface area contributed by atoms with Crippen molar-refractivity contribution in [2.75, 3.05) is 13.1 Å². The molecule has 6 nitrogen and oxygen atoms in total. The number of benzene rings is 1. The van der Waals surface area contributed by atoms with Gasteiger partial charge < -0.3 is 20.3 Å². The lowest BCUT2D eigenvalue weighted by Crippen LogP contribution is -2.43. The van der Waals surface area contributed by atoms with Gasteiger partial charge in [-0.3, -0.25) is 0 Å². The maximum atomic E-state index is 12.1. The molecule has 0 saturated carbocycles. The van der Waals surface area contributed by atoms with E-state index in [1.54, 1.807) is 0 Å². The number of rotatable bonds is 3. The van der Waals surface area contributed by atoms with E-state index >= 15 is 0 Å². The topological polar surface area (TPSA) is 95.9 Å². The van der Waals surface area contributed by atoms with Gasteiger partial charge in [-0.2, -0.15) is 0 Å². The first kappa shape index (κ1) is 16.6. The average molecular weight is 353 g/mol. The van der Waals surface area contributed by atoms with E-state index in [4.69, 9.17) is 4.74 Å². The SMILES string of the molecule is O=C(O)/C=C(\C(=O)O)C12CNCC1C1CC=CC=C1Oc1ccccc12. The third kappa shape index (κ3) is 2.37. The highest BCUT2D eigenvalue weighted by Crippen LogP contribution is 2.53. The molecule has 2 heterocycles. The highest BCUT2D eigenvalue weighted by molar-refractivity contribution is 5.97. The van der Waals surface area contributed by atoms with Crippen LogP contribution in [0.15, 0.2) is 59.9 Å². The van der Waals surface area contributed by atoms with Crippen LogP contribution in [0, 0.1) is 11.8 Å². The summed E-state index contributed by atoms with van der Waals surface area (Å²) in [5.74, 6) is -1.22. The van der Waals surface area contributed by atoms with Gasteiger partial charge in [-0.25, -0.2) is 9.59 Å². The Kier molecular flexibility index (Phi) is 3.92. The lowest BCUT2D eigenvalue weighted by molar-refractivity contribution is -0.136. The normalized spacial score (nSPS) is 29.5. The van der Waals surface area contributed by atoms with Crippen molar-refractivity contribution in [3.8, 4) is 5.75 Å². The first-order chi connectivity index (χ1) is 12.5. The van der Waals surface area contributed by atoms with Gasteiger partial charge in [0.25, 0.3) is 0 Å². The zero-order chi connectivity index (χ0) is 18.3. The van der Waals surface area contributed by atoms with Crippen LogP contribution in [0.2, 0.25) is 0 Å². The van der Waals surface area contributed by atoms with Crippen LogP contribution in [0.4, 0.5) is 0 Å². The molecule has 1 aromatic rings. The van der Waals surface area contributed by atoms with Gasteiger partial charge in [-0.1, -0.05) is 30.4 Å². The minimum atomic E-state index is -1.26. The number of nitrogens with one attached hydrogen (secondary N) is 1. The van der Waals surface area contributed by atoms with Crippen molar-refractivity contribution in [1.82, 2.24) is 5.32 Å². The van der Waals surface area contributed by atoms with Gasteiger partial charge in [0.15, 0.2) is 0 Å². The van der Waals surface area contributed by atoms with E-state index in [0.717, 1.165) is 23.8 Å². The summed E-state index contributed by atoms with van der Waals surface area (Å²) < 4.78 is 6.17. The molecule has 3 unspecified atom stereocenters. The summed E-state index contributed by atoms with van der Waals surface area (Å²) in [6.45, 7) is 0.953. The van der Waals surface area contributed by atoms with Crippen molar-refractivity contribution in [3.63, 3.8) is 0 Å². The molecular weight excluding hydrogens is 334 g/mol. The number of carbonyl (C=O) groups is 2. The Morgan fingerprint density at radius 1 is 1.27 bits per heavy atom. The first-order valence-corrected chi connectivity index (χ1v) is 8.57. The number of allylic oxidation sites excluding steroid dienone is 4. The monoisotopic (exact) mass is 353 g/mol. The molecule has 134 valence electrons. The summed E-state index contributed by atoms with van der Waals surface area (Å²) in [7, 11) is 0. The summed E-state index contributed by atoms with van der Waals surface area (Å²) in [6.07, 6.45) is 7.47. The van der Waals surface area contributed by atoms with E-state index in [1.165, 1.54) is 0 Å². The minimum Gasteiger partial charge on any atom is -0.478 e. The molecule has 1 fully saturated rings. The fourth-order valence-electron chi connectivity index (χ4n) is 4.61. The van der Waals surface area contributed by atoms with Gasteiger partial charge in [-0.05, 0) is 31.0 Å². The third-order valence-electron chi connectivity index (χ3n) is 5.61. The van der Waals surface area contributed by atoms with Gasteiger partial charge in [0, 0.05) is 29.5 Å². The van der Waals surface area contributed by atoms with Gasteiger partial charge in [0.2, 0.25) is 0 Å². The highest BCUT2D eigenvalue weighted by Gasteiger charge is 2.56. The Balaban J connectivity index is 2.02. The number of ether oxygens (including phenoxy) is 1. The maximum absolute atomic E-state index is 12.1. The van der Waals surface area contributed by atoms with Crippen molar-refractivity contribution >= 4 is 11.9 Å². The summed E-state index contributed by atoms with van der Waals surface area (Å²) in [4.78, 5) is 23.5. The molecule has 0 amide bonds. The zero-order valence-electron chi connectivity index (χ0n) is 14.0. The first-order valence-electron chi connectivity index (χ1n) is 8.57. The van der Waals surface area contributed by atoms with Gasteiger partial charge >= 0.3 is 11.9 Å². The minimum absolute atomic E-state index is 0.0149. The van der Waals surface area contributed by atoms with Crippen LogP contribution in [0.25, 0.3) is 0 Å². The fourth-order valence-corrected chi connectivity index (χ4v) is 4.61. The molecule has 0 spiro atoms. The van der Waals surface area contributed by atoms with Gasteiger partial charge in [0.1, 0.15) is 11.5 Å². The Morgan fingerprint density at radius 3 is 2.85 bits per heavy atom. The van der Waals surface area contributed by atoms with Crippen LogP contribution >= 0.6 is 0 Å². The predicted octanol–water partition coefficient (Wildman–Crippen LogP) is 2.09. The number of hydrogen-bond donors (Lipinski definition) is 3. The van der Waals surface area contributed by atoms with E-state index in [-0.39, 0.29) is 17.4 Å². The Bertz CT molecular complexity index is 869. The van der Waals surface area contributed by atoms with Crippen LogP contribution in [-0.4, -0.2) is 35.2 Å². The van der Waals surface area contributed by atoms with Crippen LogP contribution in [0.5, 0.6) is 5.75 Å². The maximum Gasteiger partial charge on any atom is 0.332 e. The number of carboxylic acid groups (broad SMARTS) is 2. The van der Waals surface area contributed by atoms with Gasteiger partial charge in [-0.15, -0.1) is 0 Å². The quantitative estimate of drug-likeness (QED) is 0.720. The second-order valence-electron chi connectivity index (χ2n) is 6.85. The number of hydrogen-bond acceptors (Lipinski definition) is 4. The lowest BCUT2D eigenvalue weighted by atomic mass is 9.62. The number of aliphatic carboxylic acids is 2. The molecule has 3 atom stereocenters. The van der Waals surface area contributed by atoms with E-state index in [9.17, 15) is 19.8 Å². The summed E-state index contributed by atoms with van der Waals surface area (Å²) in [5.41, 5.74) is -0.348. The molecule has 6 heteroatoms. The van der Waals surface area contributed by atoms with Crippen molar-refractivity contribution in [1.29, 1.82) is 0 Å². The third-order valence-corrected chi connectivity index (χ3v) is 5.61. The molecule has 0 radical (unpaired) electrons. The number of para-hydroxylation sites is 1. The smallest absolute Gasteiger partial charge is 0.332 e. The van der Waals surface area contributed by atoms with Crippen LogP contribution in [0.3, 0.4) is 0 Å². The molecule has 3 aliphatic rings. The van der Waals surface area contributed by atoms with E-state index in [1.807, 2.05) is 42.5 Å². The zero-order valence-corrected chi connectivity index (χ0v) is 14.0. The summed E-state index contributed by atoms with van der Waals surface area (Å²) in [5, 5.41) is 22.5. The van der Waals surface area contributed by atoms with Gasteiger partial charge in [0.05, 0.1) is 5.57 Å². The molecule has 1 saturated heterocycles. The molecule has 1 aromatic carbocycles. The summed E-state index contributed by atoms with van der Waals surface area (Å²) in [6, 6.07) is 7.33. The van der Waals surface area contributed by atoms with Crippen molar-refractivity contribution in [3.05, 3.63) is 65.5 Å². The fraction of sp³-hybridized carbons (Fsp3) is 0.300. The van der Waals surface area contributed by atoms with E-state index < -0.39 is 17.4 Å². The highest BCUT2D eigenvalue weighted by atomic mass is 16.5. The Morgan fingerprint density at radius 2 is 2.08 bits per heavy atom. The van der Waals surface area contributed by atoms with Crippen LogP contribution < -0.4 is 10.1 Å². The molecule has 1 aliphatic carbocycles. The number of fused-ring (bicyclic) bond motifs is 5. The van der Waals surface area contributed by atoms with Crippen molar-refractivity contribution in [2.45, 2.75) is 11.8 Å². The predicted molar refractivity (Wildman–Crippen MR) is 93.8 cm³/mol. The second kappa shape index (κ2) is 6.14. The standard InChI is InChI=1S/C20H19NO5/c22-18(23)9-14(19(24)25)20-11-21-10-15(20)12-5-1-3-7-16(12)26-17-8-4-2-6-13(17)20/h1-4,6-9,12,15,21H,5,10-11H2,(H,22,23)(H,24,25)/b14-9+.